The van der Waals surface area contributed by atoms with Crippen molar-refractivity contribution >= 4 is 28.9 Å². The predicted molar refractivity (Wildman–Crippen MR) is 122 cm³/mol. The molecule has 0 bridgehead atoms. The fourth-order valence-corrected chi connectivity index (χ4v) is 3.46. The van der Waals surface area contributed by atoms with Gasteiger partial charge in [-0.15, -0.1) is 0 Å². The van der Waals surface area contributed by atoms with E-state index in [0.717, 1.165) is 18.8 Å². The minimum atomic E-state index is -0.494. The molecule has 9 heteroatoms. The molecule has 3 rings (SSSR count). The smallest absolute Gasteiger partial charge is 0.269 e. The molecule has 1 fully saturated rings. The Morgan fingerprint density at radius 3 is 2.22 bits per heavy atom. The van der Waals surface area contributed by atoms with Crippen LogP contribution in [0.25, 0.3) is 0 Å². The Balaban J connectivity index is 1.45. The Kier molecular flexibility index (Phi) is 7.64. The lowest BCUT2D eigenvalue weighted by atomic mass is 10.1. The summed E-state index contributed by atoms with van der Waals surface area (Å²) in [5.41, 5.74) is 1.66. The Morgan fingerprint density at radius 2 is 1.66 bits per heavy atom. The van der Waals surface area contributed by atoms with Gasteiger partial charge in [-0.25, -0.2) is 0 Å². The number of ether oxygens (including phenoxy) is 1. The van der Waals surface area contributed by atoms with E-state index in [-0.39, 0.29) is 24.1 Å². The number of rotatable bonds is 8. The van der Waals surface area contributed by atoms with Crippen LogP contribution in [0.15, 0.2) is 48.5 Å². The minimum Gasteiger partial charge on any atom is -0.484 e. The number of benzene rings is 2. The summed E-state index contributed by atoms with van der Waals surface area (Å²) >= 11 is 0. The Labute approximate surface area is 187 Å². The van der Waals surface area contributed by atoms with Gasteiger partial charge >= 0.3 is 0 Å². The summed E-state index contributed by atoms with van der Waals surface area (Å²) in [6, 6.07) is 13.1. The summed E-state index contributed by atoms with van der Waals surface area (Å²) in [5, 5.41) is 13.4. The van der Waals surface area contributed by atoms with Gasteiger partial charge in [0.2, 0.25) is 5.91 Å². The second-order valence-electron chi connectivity index (χ2n) is 8.10. The first-order valence-electron chi connectivity index (χ1n) is 10.6. The van der Waals surface area contributed by atoms with Gasteiger partial charge in [0.1, 0.15) is 5.75 Å². The molecule has 1 saturated heterocycles. The maximum absolute atomic E-state index is 12.2. The standard InChI is InChI=1S/C23H28N4O5/c1-17(2)15-23(29)26-13-11-25(12-14-26)19-5-3-18(4-6-19)24-22(28)16-32-21-9-7-20(8-10-21)27(30)31/h3-10,17H,11-16H2,1-2H3,(H,24,28). The van der Waals surface area contributed by atoms with Gasteiger partial charge in [0.05, 0.1) is 4.92 Å². The number of carbonyl (C=O) groups excluding carboxylic acids is 2. The van der Waals surface area contributed by atoms with Gasteiger partial charge in [-0.2, -0.15) is 0 Å². The van der Waals surface area contributed by atoms with E-state index >= 15 is 0 Å². The third-order valence-corrected chi connectivity index (χ3v) is 5.15. The molecule has 2 amide bonds. The fourth-order valence-electron chi connectivity index (χ4n) is 3.46. The van der Waals surface area contributed by atoms with Crippen LogP contribution in [0.5, 0.6) is 5.75 Å². The maximum atomic E-state index is 12.2. The van der Waals surface area contributed by atoms with Crippen LogP contribution in [0.2, 0.25) is 0 Å². The van der Waals surface area contributed by atoms with E-state index in [0.29, 0.717) is 36.9 Å². The van der Waals surface area contributed by atoms with Crippen molar-refractivity contribution in [3.8, 4) is 5.75 Å². The van der Waals surface area contributed by atoms with Crippen LogP contribution < -0.4 is 15.0 Å². The molecule has 1 aliphatic heterocycles. The van der Waals surface area contributed by atoms with Crippen molar-refractivity contribution in [1.82, 2.24) is 4.90 Å². The van der Waals surface area contributed by atoms with Crippen LogP contribution >= 0.6 is 0 Å². The lowest BCUT2D eigenvalue weighted by Crippen LogP contribution is -2.49. The van der Waals surface area contributed by atoms with Crippen molar-refractivity contribution < 1.29 is 19.2 Å². The highest BCUT2D eigenvalue weighted by atomic mass is 16.6. The van der Waals surface area contributed by atoms with Crippen molar-refractivity contribution in [2.45, 2.75) is 20.3 Å². The zero-order valence-electron chi connectivity index (χ0n) is 18.3. The highest BCUT2D eigenvalue weighted by molar-refractivity contribution is 5.92. The molecule has 0 aromatic heterocycles. The molecule has 0 saturated carbocycles. The molecule has 1 N–H and O–H groups in total. The van der Waals surface area contributed by atoms with Crippen molar-refractivity contribution in [2.24, 2.45) is 5.92 Å². The molecule has 1 heterocycles. The number of hydrogen-bond donors (Lipinski definition) is 1. The zero-order valence-corrected chi connectivity index (χ0v) is 18.3. The largest absolute Gasteiger partial charge is 0.484 e. The monoisotopic (exact) mass is 440 g/mol. The summed E-state index contributed by atoms with van der Waals surface area (Å²) < 4.78 is 5.37. The van der Waals surface area contributed by atoms with E-state index in [1.165, 1.54) is 24.3 Å². The molecule has 9 nitrogen and oxygen atoms in total. The first kappa shape index (κ1) is 23.1. The molecule has 0 radical (unpaired) electrons. The molecular weight excluding hydrogens is 412 g/mol. The number of hydrogen-bond acceptors (Lipinski definition) is 6. The summed E-state index contributed by atoms with van der Waals surface area (Å²) in [5.74, 6) is 0.636. The number of non-ortho nitro benzene ring substituents is 1. The van der Waals surface area contributed by atoms with Crippen molar-refractivity contribution in [2.75, 3.05) is 43.0 Å². The first-order chi connectivity index (χ1) is 15.3. The summed E-state index contributed by atoms with van der Waals surface area (Å²) in [6.07, 6.45) is 0.586. The van der Waals surface area contributed by atoms with Crippen LogP contribution in [0, 0.1) is 16.0 Å². The first-order valence-corrected chi connectivity index (χ1v) is 10.6. The quantitative estimate of drug-likeness (QED) is 0.499. The van der Waals surface area contributed by atoms with Gasteiger partial charge in [-0.3, -0.25) is 19.7 Å². The molecule has 170 valence electrons. The Bertz CT molecular complexity index is 936. The third-order valence-electron chi connectivity index (χ3n) is 5.15. The Hall–Kier alpha value is -3.62. The van der Waals surface area contributed by atoms with Gasteiger partial charge in [0.25, 0.3) is 11.6 Å². The minimum absolute atomic E-state index is 0.0366. The number of nitro benzene ring substituents is 1. The van der Waals surface area contributed by atoms with Gasteiger partial charge in [-0.05, 0) is 42.3 Å². The van der Waals surface area contributed by atoms with Crippen LogP contribution in [0.1, 0.15) is 20.3 Å². The molecular formula is C23H28N4O5. The van der Waals surface area contributed by atoms with Crippen molar-refractivity contribution in [1.29, 1.82) is 0 Å². The molecule has 1 aliphatic rings. The maximum Gasteiger partial charge on any atom is 0.269 e. The summed E-state index contributed by atoms with van der Waals surface area (Å²) in [7, 11) is 0. The lowest BCUT2D eigenvalue weighted by molar-refractivity contribution is -0.384. The van der Waals surface area contributed by atoms with Crippen molar-refractivity contribution in [3.63, 3.8) is 0 Å². The number of piperazine rings is 1. The predicted octanol–water partition coefficient (Wildman–Crippen LogP) is 3.31. The van der Waals surface area contributed by atoms with Gasteiger partial charge in [0, 0.05) is 56.1 Å². The van der Waals surface area contributed by atoms with Gasteiger partial charge in [0.15, 0.2) is 6.61 Å². The highest BCUT2D eigenvalue weighted by Gasteiger charge is 2.21. The zero-order chi connectivity index (χ0) is 23.1. The van der Waals surface area contributed by atoms with Crippen LogP contribution in [-0.4, -0.2) is 54.4 Å². The topological polar surface area (TPSA) is 105 Å². The summed E-state index contributed by atoms with van der Waals surface area (Å²) in [4.78, 5) is 38.7. The fraction of sp³-hybridized carbons (Fsp3) is 0.391. The molecule has 2 aromatic rings. The van der Waals surface area contributed by atoms with E-state index in [1.54, 1.807) is 0 Å². The second-order valence-corrected chi connectivity index (χ2v) is 8.10. The number of nitrogens with one attached hydrogen (secondary N) is 1. The number of carbonyl (C=O) groups is 2. The molecule has 32 heavy (non-hydrogen) atoms. The van der Waals surface area contributed by atoms with Gasteiger partial charge < -0.3 is 19.9 Å². The molecule has 0 unspecified atom stereocenters. The average Bonchev–Trinajstić information content (AvgIpc) is 2.78. The number of nitro groups is 1. The average molecular weight is 441 g/mol. The van der Waals surface area contributed by atoms with Gasteiger partial charge in [-0.1, -0.05) is 13.8 Å². The van der Waals surface area contributed by atoms with E-state index in [2.05, 4.69) is 24.1 Å². The number of anilines is 2. The SMILES string of the molecule is CC(C)CC(=O)N1CCN(c2ccc(NC(=O)COc3ccc([N+](=O)[O-])cc3)cc2)CC1. The lowest BCUT2D eigenvalue weighted by Gasteiger charge is -2.36. The number of nitrogens with zero attached hydrogens (tertiary/aromatic N) is 3. The van der Waals surface area contributed by atoms with E-state index in [9.17, 15) is 19.7 Å². The number of amides is 2. The highest BCUT2D eigenvalue weighted by Crippen LogP contribution is 2.21. The van der Waals surface area contributed by atoms with E-state index < -0.39 is 4.92 Å². The molecule has 2 aromatic carbocycles. The van der Waals surface area contributed by atoms with Crippen molar-refractivity contribution in [3.05, 3.63) is 58.6 Å². The molecule has 0 spiro atoms. The van der Waals surface area contributed by atoms with Crippen LogP contribution in [-0.2, 0) is 9.59 Å². The van der Waals surface area contributed by atoms with Crippen LogP contribution in [0.3, 0.4) is 0 Å². The van der Waals surface area contributed by atoms with Crippen LogP contribution in [0.4, 0.5) is 17.1 Å². The molecule has 0 atom stereocenters. The van der Waals surface area contributed by atoms with E-state index in [1.807, 2.05) is 29.2 Å². The normalized spacial score (nSPS) is 13.7. The van der Waals surface area contributed by atoms with E-state index in [4.69, 9.17) is 4.74 Å². The third kappa shape index (κ3) is 6.44. The Morgan fingerprint density at radius 1 is 1.03 bits per heavy atom. The molecule has 0 aliphatic carbocycles. The summed E-state index contributed by atoms with van der Waals surface area (Å²) in [6.45, 7) is 6.88. The second kappa shape index (κ2) is 10.6.